The topological polar surface area (TPSA) is 78.9 Å². The van der Waals surface area contributed by atoms with Crippen molar-refractivity contribution in [1.82, 2.24) is 4.90 Å². The lowest BCUT2D eigenvalue weighted by atomic mass is 10.0. The Bertz CT molecular complexity index is 853. The van der Waals surface area contributed by atoms with Gasteiger partial charge in [0.25, 0.3) is 5.91 Å². The number of carbonyl (C=O) groups is 2. The van der Waals surface area contributed by atoms with Gasteiger partial charge in [0.1, 0.15) is 29.6 Å². The summed E-state index contributed by atoms with van der Waals surface area (Å²) in [5.74, 6) is -2.00. The van der Waals surface area contributed by atoms with Gasteiger partial charge in [-0.2, -0.15) is 0 Å². The summed E-state index contributed by atoms with van der Waals surface area (Å²) in [5, 5.41) is 12.9. The molecule has 2 N–H and O–H groups in total. The molecule has 2 aromatic carbocycles. The summed E-state index contributed by atoms with van der Waals surface area (Å²) in [6.07, 6.45) is -1.36. The highest BCUT2D eigenvalue weighted by Gasteiger charge is 2.32. The summed E-state index contributed by atoms with van der Waals surface area (Å²) < 4.78 is 32.1. The Kier molecular flexibility index (Phi) is 5.89. The van der Waals surface area contributed by atoms with Crippen LogP contribution >= 0.6 is 0 Å². The standard InChI is InChI=1S/C20H20F2N2O4/c1-12(25)23-16-4-2-13(3-5-16)20(27)24-7-6-19(18(26)11-24)28-17-9-14(21)8-15(22)10-17/h2-5,8-10,18-19,26H,6-7,11H2,1H3,(H,23,25)/t18-,19-/m1/s1. The lowest BCUT2D eigenvalue weighted by Crippen LogP contribution is -2.51. The molecule has 3 rings (SSSR count). The average molecular weight is 390 g/mol. The minimum Gasteiger partial charge on any atom is -0.487 e. The Labute approximate surface area is 160 Å². The predicted octanol–water partition coefficient (Wildman–Crippen LogP) is 2.58. The Morgan fingerprint density at radius 3 is 2.36 bits per heavy atom. The van der Waals surface area contributed by atoms with Crippen LogP contribution < -0.4 is 10.1 Å². The summed E-state index contributed by atoms with van der Waals surface area (Å²) in [6, 6.07) is 9.27. The van der Waals surface area contributed by atoms with Crippen LogP contribution in [0.25, 0.3) is 0 Å². The molecule has 1 fully saturated rings. The van der Waals surface area contributed by atoms with Gasteiger partial charge in [0, 0.05) is 49.3 Å². The Morgan fingerprint density at radius 2 is 1.79 bits per heavy atom. The van der Waals surface area contributed by atoms with E-state index >= 15 is 0 Å². The molecule has 148 valence electrons. The number of aliphatic hydroxyl groups excluding tert-OH is 1. The van der Waals surface area contributed by atoms with Crippen molar-refractivity contribution in [3.05, 3.63) is 59.7 Å². The second-order valence-electron chi connectivity index (χ2n) is 6.63. The number of β-amino-alcohol motifs (C(OH)–C–C–N with tert-alkyl or cyclic N) is 1. The molecule has 0 radical (unpaired) electrons. The molecule has 0 aliphatic carbocycles. The summed E-state index contributed by atoms with van der Waals surface area (Å²) in [5.41, 5.74) is 1.01. The fourth-order valence-electron chi connectivity index (χ4n) is 3.09. The third-order valence-corrected chi connectivity index (χ3v) is 4.38. The van der Waals surface area contributed by atoms with Crippen LogP contribution in [-0.2, 0) is 4.79 Å². The van der Waals surface area contributed by atoms with Crippen LogP contribution in [0.4, 0.5) is 14.5 Å². The molecule has 0 bridgehead atoms. The van der Waals surface area contributed by atoms with Crippen LogP contribution in [0.15, 0.2) is 42.5 Å². The molecule has 2 amide bonds. The number of benzene rings is 2. The van der Waals surface area contributed by atoms with E-state index in [9.17, 15) is 23.5 Å². The number of aliphatic hydroxyl groups is 1. The number of anilines is 1. The molecule has 28 heavy (non-hydrogen) atoms. The number of halogens is 2. The Balaban J connectivity index is 1.61. The molecule has 2 aromatic rings. The maximum Gasteiger partial charge on any atom is 0.253 e. The van der Waals surface area contributed by atoms with Crippen LogP contribution in [0.1, 0.15) is 23.7 Å². The summed E-state index contributed by atoms with van der Waals surface area (Å²) in [6.45, 7) is 1.76. The van der Waals surface area contributed by atoms with Crippen molar-refractivity contribution in [1.29, 1.82) is 0 Å². The zero-order chi connectivity index (χ0) is 20.3. The van der Waals surface area contributed by atoms with Gasteiger partial charge in [-0.1, -0.05) is 0 Å². The third-order valence-electron chi connectivity index (χ3n) is 4.38. The van der Waals surface area contributed by atoms with E-state index in [-0.39, 0.29) is 24.1 Å². The van der Waals surface area contributed by atoms with Gasteiger partial charge in [0.15, 0.2) is 0 Å². The van der Waals surface area contributed by atoms with Crippen molar-refractivity contribution in [3.8, 4) is 5.75 Å². The van der Waals surface area contributed by atoms with Gasteiger partial charge < -0.3 is 20.1 Å². The number of nitrogens with one attached hydrogen (secondary N) is 1. The molecule has 1 heterocycles. The number of hydrogen-bond donors (Lipinski definition) is 2. The van der Waals surface area contributed by atoms with Crippen molar-refractivity contribution >= 4 is 17.5 Å². The van der Waals surface area contributed by atoms with Gasteiger partial charge in [-0.3, -0.25) is 9.59 Å². The first-order valence-electron chi connectivity index (χ1n) is 8.79. The number of piperidine rings is 1. The number of likely N-dealkylation sites (tertiary alicyclic amines) is 1. The number of hydrogen-bond acceptors (Lipinski definition) is 4. The zero-order valence-corrected chi connectivity index (χ0v) is 15.2. The average Bonchev–Trinajstić information content (AvgIpc) is 2.62. The van der Waals surface area contributed by atoms with Crippen LogP contribution in [0.2, 0.25) is 0 Å². The van der Waals surface area contributed by atoms with Crippen molar-refractivity contribution < 1.29 is 28.2 Å². The van der Waals surface area contributed by atoms with Gasteiger partial charge in [0.2, 0.25) is 5.91 Å². The first kappa shape index (κ1) is 19.8. The van der Waals surface area contributed by atoms with E-state index in [4.69, 9.17) is 4.74 Å². The maximum atomic E-state index is 13.3. The van der Waals surface area contributed by atoms with E-state index in [1.54, 1.807) is 24.3 Å². The first-order valence-corrected chi connectivity index (χ1v) is 8.79. The van der Waals surface area contributed by atoms with Gasteiger partial charge in [-0.25, -0.2) is 8.78 Å². The fraction of sp³-hybridized carbons (Fsp3) is 0.300. The maximum absolute atomic E-state index is 13.3. The van der Waals surface area contributed by atoms with E-state index in [0.29, 0.717) is 24.2 Å². The lowest BCUT2D eigenvalue weighted by Gasteiger charge is -2.36. The highest BCUT2D eigenvalue weighted by Crippen LogP contribution is 2.23. The zero-order valence-electron chi connectivity index (χ0n) is 15.2. The second kappa shape index (κ2) is 8.35. The molecule has 8 heteroatoms. The van der Waals surface area contributed by atoms with Crippen molar-refractivity contribution in [2.75, 3.05) is 18.4 Å². The first-order chi connectivity index (χ1) is 13.3. The Hall–Kier alpha value is -3.00. The predicted molar refractivity (Wildman–Crippen MR) is 98.0 cm³/mol. The number of amides is 2. The van der Waals surface area contributed by atoms with Crippen LogP contribution in [-0.4, -0.2) is 47.1 Å². The number of ether oxygens (including phenoxy) is 1. The summed E-state index contributed by atoms with van der Waals surface area (Å²) >= 11 is 0. The highest BCUT2D eigenvalue weighted by atomic mass is 19.1. The number of nitrogens with zero attached hydrogens (tertiary/aromatic N) is 1. The molecule has 0 saturated carbocycles. The molecule has 0 unspecified atom stereocenters. The van der Waals surface area contributed by atoms with Gasteiger partial charge in [-0.15, -0.1) is 0 Å². The minimum absolute atomic E-state index is 0.00473. The Morgan fingerprint density at radius 1 is 1.14 bits per heavy atom. The largest absolute Gasteiger partial charge is 0.487 e. The van der Waals surface area contributed by atoms with E-state index in [2.05, 4.69) is 5.32 Å². The van der Waals surface area contributed by atoms with Crippen LogP contribution in [0, 0.1) is 11.6 Å². The highest BCUT2D eigenvalue weighted by molar-refractivity contribution is 5.95. The molecular weight excluding hydrogens is 370 g/mol. The molecule has 0 spiro atoms. The summed E-state index contributed by atoms with van der Waals surface area (Å²) in [4.78, 5) is 25.2. The van der Waals surface area contributed by atoms with Gasteiger partial charge in [-0.05, 0) is 24.3 Å². The molecule has 1 saturated heterocycles. The number of carbonyl (C=O) groups excluding carboxylic acids is 2. The fourth-order valence-corrected chi connectivity index (χ4v) is 3.09. The van der Waals surface area contributed by atoms with Crippen LogP contribution in [0.5, 0.6) is 5.75 Å². The van der Waals surface area contributed by atoms with Crippen molar-refractivity contribution in [2.45, 2.75) is 25.6 Å². The number of rotatable bonds is 4. The van der Waals surface area contributed by atoms with Gasteiger partial charge >= 0.3 is 0 Å². The molecule has 1 aliphatic rings. The second-order valence-corrected chi connectivity index (χ2v) is 6.63. The normalized spacial score (nSPS) is 19.2. The van der Waals surface area contributed by atoms with Gasteiger partial charge in [0.05, 0.1) is 6.54 Å². The molecular formula is C20H20F2N2O4. The van der Waals surface area contributed by atoms with Crippen LogP contribution in [0.3, 0.4) is 0 Å². The minimum atomic E-state index is -0.998. The van der Waals surface area contributed by atoms with E-state index in [1.807, 2.05) is 0 Å². The SMILES string of the molecule is CC(=O)Nc1ccc(C(=O)N2CC[C@@H](Oc3cc(F)cc(F)c3)[C@H](O)C2)cc1. The molecule has 2 atom stereocenters. The smallest absolute Gasteiger partial charge is 0.253 e. The van der Waals surface area contributed by atoms with E-state index in [1.165, 1.54) is 11.8 Å². The van der Waals surface area contributed by atoms with E-state index < -0.39 is 23.8 Å². The quantitative estimate of drug-likeness (QED) is 0.841. The third kappa shape index (κ3) is 4.83. The monoisotopic (exact) mass is 390 g/mol. The lowest BCUT2D eigenvalue weighted by molar-refractivity contribution is -0.114. The summed E-state index contributed by atoms with van der Waals surface area (Å²) in [7, 11) is 0. The van der Waals surface area contributed by atoms with E-state index in [0.717, 1.165) is 18.2 Å². The molecule has 0 aromatic heterocycles. The molecule has 6 nitrogen and oxygen atoms in total. The van der Waals surface area contributed by atoms with Crippen molar-refractivity contribution in [2.24, 2.45) is 0 Å². The van der Waals surface area contributed by atoms with Crippen molar-refractivity contribution in [3.63, 3.8) is 0 Å². The molecule has 1 aliphatic heterocycles.